The SMILES string of the molecule is CCCC#CC(O)(C(=O)OC1CCN(C)CC1)c1ccccc1. The zero-order chi connectivity index (χ0) is 16.7. The standard InChI is InChI=1S/C19H25NO3/c1-3-4-8-13-19(22,16-9-6-5-7-10-16)18(21)23-17-11-14-20(2)15-12-17/h5-7,9-10,17,22H,3-4,11-12,14-15H2,1-2H3. The number of ether oxygens (including phenoxy) is 1. The van der Waals surface area contributed by atoms with Gasteiger partial charge in [0.2, 0.25) is 5.60 Å². The number of hydrogen-bond donors (Lipinski definition) is 1. The minimum atomic E-state index is -1.89. The Balaban J connectivity index is 2.17. The molecule has 0 aromatic heterocycles. The van der Waals surface area contributed by atoms with E-state index in [0.29, 0.717) is 12.0 Å². The highest BCUT2D eigenvalue weighted by Crippen LogP contribution is 2.24. The van der Waals surface area contributed by atoms with Crippen LogP contribution in [-0.4, -0.2) is 42.2 Å². The van der Waals surface area contributed by atoms with Crippen molar-refractivity contribution in [1.82, 2.24) is 4.90 Å². The molecule has 1 heterocycles. The molecule has 1 aromatic rings. The first kappa shape index (κ1) is 17.5. The lowest BCUT2D eigenvalue weighted by Crippen LogP contribution is -2.41. The molecule has 1 atom stereocenters. The molecular weight excluding hydrogens is 290 g/mol. The third kappa shape index (κ3) is 4.57. The zero-order valence-electron chi connectivity index (χ0n) is 13.9. The summed E-state index contributed by atoms with van der Waals surface area (Å²) in [6.45, 7) is 3.79. The minimum absolute atomic E-state index is 0.151. The number of piperidine rings is 1. The summed E-state index contributed by atoms with van der Waals surface area (Å²) in [4.78, 5) is 14.8. The van der Waals surface area contributed by atoms with E-state index in [0.717, 1.165) is 32.4 Å². The quantitative estimate of drug-likeness (QED) is 0.684. The van der Waals surface area contributed by atoms with Gasteiger partial charge in [-0.25, -0.2) is 4.79 Å². The maximum atomic E-state index is 12.6. The zero-order valence-corrected chi connectivity index (χ0v) is 13.9. The number of hydrogen-bond acceptors (Lipinski definition) is 4. The summed E-state index contributed by atoms with van der Waals surface area (Å²) < 4.78 is 5.57. The maximum Gasteiger partial charge on any atom is 0.356 e. The average Bonchev–Trinajstić information content (AvgIpc) is 2.57. The van der Waals surface area contributed by atoms with E-state index in [-0.39, 0.29) is 6.10 Å². The van der Waals surface area contributed by atoms with Gasteiger partial charge in [0.15, 0.2) is 0 Å². The van der Waals surface area contributed by atoms with Gasteiger partial charge in [0, 0.05) is 25.1 Å². The van der Waals surface area contributed by atoms with Crippen molar-refractivity contribution < 1.29 is 14.6 Å². The first-order chi connectivity index (χ1) is 11.1. The first-order valence-corrected chi connectivity index (χ1v) is 8.24. The van der Waals surface area contributed by atoms with Crippen LogP contribution in [0.2, 0.25) is 0 Å². The van der Waals surface area contributed by atoms with Gasteiger partial charge in [0.05, 0.1) is 0 Å². The molecule has 1 aromatic carbocycles. The fourth-order valence-corrected chi connectivity index (χ4v) is 2.58. The number of nitrogens with zero attached hydrogens (tertiary/aromatic N) is 1. The van der Waals surface area contributed by atoms with Crippen molar-refractivity contribution >= 4 is 5.97 Å². The third-order valence-electron chi connectivity index (χ3n) is 4.07. The number of unbranched alkanes of at least 4 members (excludes halogenated alkanes) is 1. The number of benzene rings is 1. The molecule has 1 aliphatic heterocycles. The van der Waals surface area contributed by atoms with Gasteiger partial charge in [0.25, 0.3) is 0 Å². The van der Waals surface area contributed by atoms with Crippen molar-refractivity contribution in [2.24, 2.45) is 0 Å². The van der Waals surface area contributed by atoms with Gasteiger partial charge in [-0.05, 0) is 26.3 Å². The lowest BCUT2D eigenvalue weighted by atomic mass is 9.94. The van der Waals surface area contributed by atoms with Crippen LogP contribution in [-0.2, 0) is 15.1 Å². The smallest absolute Gasteiger partial charge is 0.356 e. The van der Waals surface area contributed by atoms with Crippen LogP contribution >= 0.6 is 0 Å². The van der Waals surface area contributed by atoms with Crippen molar-refractivity contribution in [2.45, 2.75) is 44.3 Å². The van der Waals surface area contributed by atoms with E-state index in [1.54, 1.807) is 24.3 Å². The predicted molar refractivity (Wildman–Crippen MR) is 89.6 cm³/mol. The molecule has 124 valence electrons. The molecule has 23 heavy (non-hydrogen) atoms. The van der Waals surface area contributed by atoms with E-state index in [2.05, 4.69) is 23.8 Å². The van der Waals surface area contributed by atoms with E-state index >= 15 is 0 Å². The second-order valence-corrected chi connectivity index (χ2v) is 6.04. The normalized spacial score (nSPS) is 18.6. The number of esters is 1. The van der Waals surface area contributed by atoms with Gasteiger partial charge < -0.3 is 14.7 Å². The summed E-state index contributed by atoms with van der Waals surface area (Å²) in [5.74, 6) is 4.96. The summed E-state index contributed by atoms with van der Waals surface area (Å²) in [5.41, 5.74) is -1.43. The van der Waals surface area contributed by atoms with E-state index in [1.807, 2.05) is 13.0 Å². The molecule has 4 heteroatoms. The van der Waals surface area contributed by atoms with Gasteiger partial charge in [-0.2, -0.15) is 0 Å². The van der Waals surface area contributed by atoms with Crippen LogP contribution in [0.1, 0.15) is 38.2 Å². The molecular formula is C19H25NO3. The van der Waals surface area contributed by atoms with Crippen LogP contribution in [0.5, 0.6) is 0 Å². The highest BCUT2D eigenvalue weighted by Gasteiger charge is 2.39. The maximum absolute atomic E-state index is 12.6. The van der Waals surface area contributed by atoms with Crippen LogP contribution < -0.4 is 0 Å². The van der Waals surface area contributed by atoms with E-state index in [1.165, 1.54) is 0 Å². The Hall–Kier alpha value is -1.83. The topological polar surface area (TPSA) is 49.8 Å². The first-order valence-electron chi connectivity index (χ1n) is 8.24. The number of likely N-dealkylation sites (tertiary alicyclic amines) is 1. The van der Waals surface area contributed by atoms with Crippen molar-refractivity contribution in [2.75, 3.05) is 20.1 Å². The monoisotopic (exact) mass is 315 g/mol. The summed E-state index contributed by atoms with van der Waals surface area (Å²) >= 11 is 0. The third-order valence-corrected chi connectivity index (χ3v) is 4.07. The van der Waals surface area contributed by atoms with Crippen LogP contribution in [0.15, 0.2) is 30.3 Å². The number of carbonyl (C=O) groups is 1. The average molecular weight is 315 g/mol. The Bertz CT molecular complexity index is 567. The lowest BCUT2D eigenvalue weighted by Gasteiger charge is -2.31. The summed E-state index contributed by atoms with van der Waals surface area (Å²) in [7, 11) is 2.05. The molecule has 0 bridgehead atoms. The van der Waals surface area contributed by atoms with Crippen molar-refractivity contribution in [3.05, 3.63) is 35.9 Å². The fourth-order valence-electron chi connectivity index (χ4n) is 2.58. The molecule has 1 saturated heterocycles. The molecule has 2 rings (SSSR count). The predicted octanol–water partition coefficient (Wildman–Crippen LogP) is 2.32. The highest BCUT2D eigenvalue weighted by atomic mass is 16.6. The largest absolute Gasteiger partial charge is 0.459 e. The van der Waals surface area contributed by atoms with Gasteiger partial charge >= 0.3 is 5.97 Å². The Labute approximate surface area is 138 Å². The Morgan fingerprint density at radius 3 is 2.61 bits per heavy atom. The Morgan fingerprint density at radius 1 is 1.35 bits per heavy atom. The molecule has 1 N–H and O–H groups in total. The Morgan fingerprint density at radius 2 is 2.00 bits per heavy atom. The fraction of sp³-hybridized carbons (Fsp3) is 0.526. The highest BCUT2D eigenvalue weighted by molar-refractivity contribution is 5.85. The molecule has 1 unspecified atom stereocenters. The second kappa shape index (κ2) is 8.14. The summed E-state index contributed by atoms with van der Waals surface area (Å²) in [5, 5.41) is 10.9. The minimum Gasteiger partial charge on any atom is -0.459 e. The lowest BCUT2D eigenvalue weighted by molar-refractivity contribution is -0.168. The van der Waals surface area contributed by atoms with Gasteiger partial charge in [-0.15, -0.1) is 0 Å². The summed E-state index contributed by atoms with van der Waals surface area (Å²) in [6.07, 6.45) is 2.94. The van der Waals surface area contributed by atoms with E-state index in [4.69, 9.17) is 4.74 Å². The van der Waals surface area contributed by atoms with Gasteiger partial charge in [-0.3, -0.25) is 0 Å². The van der Waals surface area contributed by atoms with Crippen molar-refractivity contribution in [3.63, 3.8) is 0 Å². The molecule has 1 aliphatic rings. The van der Waals surface area contributed by atoms with Crippen LogP contribution in [0, 0.1) is 11.8 Å². The number of rotatable bonds is 4. The van der Waals surface area contributed by atoms with Crippen molar-refractivity contribution in [3.8, 4) is 11.8 Å². The molecule has 0 amide bonds. The van der Waals surface area contributed by atoms with Gasteiger partial charge in [-0.1, -0.05) is 49.1 Å². The molecule has 0 saturated carbocycles. The molecule has 4 nitrogen and oxygen atoms in total. The molecule has 0 spiro atoms. The molecule has 0 aliphatic carbocycles. The number of carbonyl (C=O) groups excluding carboxylic acids is 1. The van der Waals surface area contributed by atoms with E-state index < -0.39 is 11.6 Å². The van der Waals surface area contributed by atoms with Gasteiger partial charge in [0.1, 0.15) is 6.10 Å². The molecule has 0 radical (unpaired) electrons. The number of aliphatic hydroxyl groups is 1. The Kier molecular flexibility index (Phi) is 6.20. The van der Waals surface area contributed by atoms with Crippen molar-refractivity contribution in [1.29, 1.82) is 0 Å². The van der Waals surface area contributed by atoms with Crippen LogP contribution in [0.25, 0.3) is 0 Å². The molecule has 1 fully saturated rings. The summed E-state index contributed by atoms with van der Waals surface area (Å²) in [6, 6.07) is 8.81. The van der Waals surface area contributed by atoms with E-state index in [9.17, 15) is 9.90 Å². The van der Waals surface area contributed by atoms with Crippen LogP contribution in [0.3, 0.4) is 0 Å². The second-order valence-electron chi connectivity index (χ2n) is 6.04. The van der Waals surface area contributed by atoms with Crippen LogP contribution in [0.4, 0.5) is 0 Å².